The van der Waals surface area contributed by atoms with E-state index in [1.165, 1.54) is 14.0 Å². The second kappa shape index (κ2) is 6.64. The van der Waals surface area contributed by atoms with Crippen LogP contribution in [0.5, 0.6) is 0 Å². The fourth-order valence-electron chi connectivity index (χ4n) is 0.589. The molecule has 1 amide bonds. The third-order valence-corrected chi connectivity index (χ3v) is 1.17. The van der Waals surface area contributed by atoms with E-state index in [2.05, 4.69) is 5.32 Å². The topological polar surface area (TPSA) is 69.2 Å². The van der Waals surface area contributed by atoms with E-state index in [1.807, 2.05) is 0 Å². The summed E-state index contributed by atoms with van der Waals surface area (Å²) in [5.74, 6) is -1.98. The molecular formula is C6H10NNaO3. The molecule has 0 aromatic heterocycles. The van der Waals surface area contributed by atoms with Gasteiger partial charge in [0.1, 0.15) is 0 Å². The number of nitrogens with one attached hydrogen (secondary N) is 1. The predicted octanol–water partition coefficient (Wildman–Crippen LogP) is -4.49. The molecule has 0 aromatic carbocycles. The summed E-state index contributed by atoms with van der Waals surface area (Å²) >= 11 is 0. The van der Waals surface area contributed by atoms with Crippen molar-refractivity contribution in [1.29, 1.82) is 0 Å². The third kappa shape index (κ3) is 6.34. The zero-order valence-electron chi connectivity index (χ0n) is 7.01. The largest absolute Gasteiger partial charge is 1.00 e. The Hall–Kier alpha value is -0.0600. The van der Waals surface area contributed by atoms with Crippen LogP contribution in [0.2, 0.25) is 0 Å². The molecule has 0 aliphatic rings. The summed E-state index contributed by atoms with van der Waals surface area (Å²) in [6.45, 7) is 1.54. The molecule has 0 aliphatic heterocycles. The van der Waals surface area contributed by atoms with Gasteiger partial charge in [-0.2, -0.15) is 0 Å². The molecule has 0 aromatic rings. The van der Waals surface area contributed by atoms with Crippen molar-refractivity contribution in [2.45, 2.75) is 13.3 Å². The number of carbonyl (C=O) groups is 2. The van der Waals surface area contributed by atoms with E-state index < -0.39 is 11.9 Å². The summed E-state index contributed by atoms with van der Waals surface area (Å²) < 4.78 is 0. The van der Waals surface area contributed by atoms with E-state index in [0.717, 1.165) is 0 Å². The number of carboxylic acid groups (broad SMARTS) is 1. The fourth-order valence-corrected chi connectivity index (χ4v) is 0.589. The van der Waals surface area contributed by atoms with Gasteiger partial charge in [-0.3, -0.25) is 4.79 Å². The van der Waals surface area contributed by atoms with Gasteiger partial charge in [-0.05, 0) is 6.42 Å². The Morgan fingerprint density at radius 2 is 2.00 bits per heavy atom. The second-order valence-electron chi connectivity index (χ2n) is 2.09. The van der Waals surface area contributed by atoms with E-state index in [-0.39, 0.29) is 41.9 Å². The molecule has 0 bridgehead atoms. The molecule has 11 heavy (non-hydrogen) atoms. The molecule has 0 radical (unpaired) electrons. The molecule has 5 heteroatoms. The number of aliphatic carboxylic acids is 1. The predicted molar refractivity (Wildman–Crippen MR) is 32.9 cm³/mol. The van der Waals surface area contributed by atoms with Crippen LogP contribution in [0.15, 0.2) is 0 Å². The third-order valence-electron chi connectivity index (χ3n) is 1.17. The van der Waals surface area contributed by atoms with Crippen molar-refractivity contribution in [3.63, 3.8) is 0 Å². The number of hydrogen-bond acceptors (Lipinski definition) is 3. The van der Waals surface area contributed by atoms with Gasteiger partial charge < -0.3 is 15.2 Å². The van der Waals surface area contributed by atoms with Crippen LogP contribution < -0.4 is 40.0 Å². The van der Waals surface area contributed by atoms with Crippen molar-refractivity contribution in [1.82, 2.24) is 5.32 Å². The molecule has 0 heterocycles. The smallest absolute Gasteiger partial charge is 0.550 e. The van der Waals surface area contributed by atoms with Gasteiger partial charge in [0.05, 0.1) is 0 Å². The monoisotopic (exact) mass is 167 g/mol. The Morgan fingerprint density at radius 1 is 1.55 bits per heavy atom. The van der Waals surface area contributed by atoms with Gasteiger partial charge in [-0.25, -0.2) is 0 Å². The van der Waals surface area contributed by atoms with Crippen LogP contribution in [0.25, 0.3) is 0 Å². The summed E-state index contributed by atoms with van der Waals surface area (Å²) in [4.78, 5) is 20.6. The first-order chi connectivity index (χ1) is 4.57. The maximum atomic E-state index is 10.6. The maximum absolute atomic E-state index is 10.6. The molecule has 0 aliphatic carbocycles. The number of rotatable bonds is 3. The molecule has 1 atom stereocenters. The Bertz CT molecular complexity index is 149. The molecule has 0 fully saturated rings. The molecule has 1 unspecified atom stereocenters. The Balaban J connectivity index is 0. The zero-order valence-corrected chi connectivity index (χ0v) is 9.01. The van der Waals surface area contributed by atoms with Gasteiger partial charge >= 0.3 is 29.6 Å². The fraction of sp³-hybridized carbons (Fsp3) is 0.667. The van der Waals surface area contributed by atoms with E-state index in [1.54, 1.807) is 0 Å². The average molecular weight is 167 g/mol. The first kappa shape index (κ1) is 13.5. The van der Waals surface area contributed by atoms with Crippen LogP contribution in [0, 0.1) is 5.92 Å². The van der Waals surface area contributed by atoms with E-state index >= 15 is 0 Å². The summed E-state index contributed by atoms with van der Waals surface area (Å²) in [6, 6.07) is 0. The van der Waals surface area contributed by atoms with Crippen LogP contribution in [0.1, 0.15) is 13.3 Å². The maximum Gasteiger partial charge on any atom is 1.00 e. The first-order valence-electron chi connectivity index (χ1n) is 2.99. The quantitative estimate of drug-likeness (QED) is 0.431. The average Bonchev–Trinajstić information content (AvgIpc) is 1.85. The number of carbonyl (C=O) groups excluding carboxylic acids is 2. The van der Waals surface area contributed by atoms with E-state index in [4.69, 9.17) is 0 Å². The molecule has 58 valence electrons. The van der Waals surface area contributed by atoms with Crippen LogP contribution in [-0.4, -0.2) is 18.9 Å². The summed E-state index contributed by atoms with van der Waals surface area (Å²) in [6.07, 6.45) is -0.223. The van der Waals surface area contributed by atoms with Crippen LogP contribution >= 0.6 is 0 Å². The van der Waals surface area contributed by atoms with Crippen molar-refractivity contribution in [3.05, 3.63) is 0 Å². The molecule has 0 saturated carbocycles. The standard InChI is InChI=1S/C6H11NO3.Na/c1-4(3-5(8)9)6(10)7-2;/h4H,3H2,1-2H3,(H,7,10)(H,8,9);/q;+1/p-1. The molecule has 1 N–H and O–H groups in total. The van der Waals surface area contributed by atoms with Gasteiger partial charge in [0, 0.05) is 18.9 Å². The SMILES string of the molecule is CNC(=O)C(C)CC(=O)[O-].[Na+]. The minimum absolute atomic E-state index is 0. The van der Waals surface area contributed by atoms with Gasteiger partial charge in [-0.15, -0.1) is 0 Å². The van der Waals surface area contributed by atoms with Crippen LogP contribution in [0.4, 0.5) is 0 Å². The van der Waals surface area contributed by atoms with Crippen LogP contribution in [-0.2, 0) is 9.59 Å². The molecular weight excluding hydrogens is 157 g/mol. The van der Waals surface area contributed by atoms with Crippen molar-refractivity contribution in [3.8, 4) is 0 Å². The Kier molecular flexibility index (Phi) is 8.16. The van der Waals surface area contributed by atoms with Crippen molar-refractivity contribution in [2.75, 3.05) is 7.05 Å². The molecule has 0 saturated heterocycles. The van der Waals surface area contributed by atoms with Crippen molar-refractivity contribution in [2.24, 2.45) is 5.92 Å². The summed E-state index contributed by atoms with van der Waals surface area (Å²) in [5, 5.41) is 12.3. The van der Waals surface area contributed by atoms with Crippen LogP contribution in [0.3, 0.4) is 0 Å². The molecule has 0 spiro atoms. The molecule has 4 nitrogen and oxygen atoms in total. The number of amides is 1. The van der Waals surface area contributed by atoms with Crippen molar-refractivity contribution >= 4 is 11.9 Å². The van der Waals surface area contributed by atoms with Crippen molar-refractivity contribution < 1.29 is 44.3 Å². The minimum atomic E-state index is -1.20. The zero-order chi connectivity index (χ0) is 8.15. The normalized spacial score (nSPS) is 11.1. The van der Waals surface area contributed by atoms with Gasteiger partial charge in [0.25, 0.3) is 0 Å². The second-order valence-corrected chi connectivity index (χ2v) is 2.09. The van der Waals surface area contributed by atoms with Gasteiger partial charge in [0.15, 0.2) is 0 Å². The Labute approximate surface area is 87.6 Å². The number of hydrogen-bond donors (Lipinski definition) is 1. The molecule has 0 rings (SSSR count). The summed E-state index contributed by atoms with van der Waals surface area (Å²) in [7, 11) is 1.47. The number of carboxylic acids is 1. The minimum Gasteiger partial charge on any atom is -0.550 e. The van der Waals surface area contributed by atoms with E-state index in [0.29, 0.717) is 0 Å². The Morgan fingerprint density at radius 3 is 2.27 bits per heavy atom. The summed E-state index contributed by atoms with van der Waals surface area (Å²) in [5.41, 5.74) is 0. The first-order valence-corrected chi connectivity index (χ1v) is 2.99. The van der Waals surface area contributed by atoms with E-state index in [9.17, 15) is 14.7 Å². The van der Waals surface area contributed by atoms with Gasteiger partial charge in [-0.1, -0.05) is 6.92 Å². The van der Waals surface area contributed by atoms with Gasteiger partial charge in [0.2, 0.25) is 5.91 Å².